The summed E-state index contributed by atoms with van der Waals surface area (Å²) >= 11 is 0. The van der Waals surface area contributed by atoms with E-state index in [0.29, 0.717) is 24.7 Å². The Hall–Kier alpha value is -2.05. The first-order chi connectivity index (χ1) is 11.1. The molecule has 3 rings (SSSR count). The number of carbonyl (C=O) groups excluding carboxylic acids is 2. The number of amides is 3. The van der Waals surface area contributed by atoms with Gasteiger partial charge in [-0.1, -0.05) is 0 Å². The fourth-order valence-corrected chi connectivity index (χ4v) is 3.28. The van der Waals surface area contributed by atoms with Gasteiger partial charge in [0.2, 0.25) is 5.91 Å². The van der Waals surface area contributed by atoms with Gasteiger partial charge in [0.15, 0.2) is 5.89 Å². The first-order valence-electron chi connectivity index (χ1n) is 8.36. The highest BCUT2D eigenvalue weighted by Gasteiger charge is 2.31. The van der Waals surface area contributed by atoms with E-state index in [9.17, 15) is 9.59 Å². The van der Waals surface area contributed by atoms with E-state index in [1.165, 1.54) is 0 Å². The average Bonchev–Trinajstić information content (AvgIpc) is 3.23. The lowest BCUT2D eigenvalue weighted by atomic mass is 9.97. The Kier molecular flexibility index (Phi) is 4.83. The molecule has 0 aromatic carbocycles. The Bertz CT molecular complexity index is 565. The molecule has 0 radical (unpaired) electrons. The number of nitrogens with one attached hydrogen (secondary N) is 1. The van der Waals surface area contributed by atoms with E-state index in [1.807, 2.05) is 9.80 Å². The van der Waals surface area contributed by atoms with Gasteiger partial charge in [0.1, 0.15) is 5.76 Å². The molecule has 23 heavy (non-hydrogen) atoms. The van der Waals surface area contributed by atoms with Crippen molar-refractivity contribution in [1.82, 2.24) is 20.1 Å². The first kappa shape index (κ1) is 15.8. The van der Waals surface area contributed by atoms with Gasteiger partial charge < -0.3 is 19.5 Å². The van der Waals surface area contributed by atoms with E-state index in [2.05, 4.69) is 10.3 Å². The van der Waals surface area contributed by atoms with Crippen LogP contribution in [-0.4, -0.2) is 52.9 Å². The van der Waals surface area contributed by atoms with Gasteiger partial charge in [0.25, 0.3) is 0 Å². The predicted molar refractivity (Wildman–Crippen MR) is 83.6 cm³/mol. The summed E-state index contributed by atoms with van der Waals surface area (Å²) in [6.07, 6.45) is 5.49. The first-order valence-corrected chi connectivity index (χ1v) is 8.36. The van der Waals surface area contributed by atoms with E-state index in [4.69, 9.17) is 4.42 Å². The quantitative estimate of drug-likeness (QED) is 0.916. The molecule has 0 aliphatic carbocycles. The number of carbonyl (C=O) groups is 2. The predicted octanol–water partition coefficient (Wildman–Crippen LogP) is 1.53. The molecule has 2 fully saturated rings. The number of urea groups is 1. The number of piperidine rings is 1. The van der Waals surface area contributed by atoms with E-state index in [0.717, 1.165) is 45.3 Å². The third kappa shape index (κ3) is 3.83. The zero-order valence-corrected chi connectivity index (χ0v) is 13.6. The van der Waals surface area contributed by atoms with Crippen molar-refractivity contribution >= 4 is 11.9 Å². The normalized spacial score (nSPS) is 21.5. The van der Waals surface area contributed by atoms with Gasteiger partial charge in [0.05, 0.1) is 18.7 Å². The van der Waals surface area contributed by atoms with E-state index in [1.54, 1.807) is 13.1 Å². The number of hydrogen-bond donors (Lipinski definition) is 1. The number of rotatable bonds is 3. The number of oxazole rings is 1. The van der Waals surface area contributed by atoms with E-state index in [-0.39, 0.29) is 17.9 Å². The van der Waals surface area contributed by atoms with Crippen LogP contribution >= 0.6 is 0 Å². The Morgan fingerprint density at radius 2 is 2.00 bits per heavy atom. The molecule has 1 atom stereocenters. The largest absolute Gasteiger partial charge is 0.444 e. The molecular weight excluding hydrogens is 296 g/mol. The van der Waals surface area contributed by atoms with Gasteiger partial charge in [-0.3, -0.25) is 4.79 Å². The van der Waals surface area contributed by atoms with Gasteiger partial charge in [0, 0.05) is 33.1 Å². The molecule has 0 bridgehead atoms. The lowest BCUT2D eigenvalue weighted by Gasteiger charge is -2.34. The molecule has 0 spiro atoms. The fraction of sp³-hybridized carbons (Fsp3) is 0.688. The molecular formula is C16H24N4O3. The van der Waals surface area contributed by atoms with E-state index >= 15 is 0 Å². The molecule has 1 unspecified atom stereocenters. The van der Waals surface area contributed by atoms with Gasteiger partial charge in [-0.15, -0.1) is 0 Å². The molecule has 7 heteroatoms. The number of aryl methyl sites for hydroxylation is 1. The van der Waals surface area contributed by atoms with Crippen molar-refractivity contribution in [3.63, 3.8) is 0 Å². The van der Waals surface area contributed by atoms with Crippen LogP contribution in [-0.2, 0) is 11.3 Å². The van der Waals surface area contributed by atoms with Crippen LogP contribution in [0.2, 0.25) is 0 Å². The Labute approximate surface area is 136 Å². The molecule has 1 aromatic heterocycles. The molecule has 7 nitrogen and oxygen atoms in total. The third-order valence-corrected chi connectivity index (χ3v) is 4.55. The molecule has 0 saturated carbocycles. The summed E-state index contributed by atoms with van der Waals surface area (Å²) in [6, 6.07) is 0.0888. The SMILES string of the molecule is Cc1ncc(CNC(=O)C2CCCN(C(=O)N3CCCC3)C2)o1. The summed E-state index contributed by atoms with van der Waals surface area (Å²) in [5.41, 5.74) is 0. The molecule has 1 aromatic rings. The molecule has 3 amide bonds. The van der Waals surface area contributed by atoms with E-state index < -0.39 is 0 Å². The fourth-order valence-electron chi connectivity index (χ4n) is 3.28. The highest BCUT2D eigenvalue weighted by molar-refractivity contribution is 5.80. The second kappa shape index (κ2) is 7.02. The lowest BCUT2D eigenvalue weighted by molar-refractivity contribution is -0.126. The zero-order chi connectivity index (χ0) is 16.2. The number of nitrogens with zero attached hydrogens (tertiary/aromatic N) is 3. The van der Waals surface area contributed by atoms with Crippen molar-refractivity contribution in [3.8, 4) is 0 Å². The Morgan fingerprint density at radius 3 is 2.70 bits per heavy atom. The smallest absolute Gasteiger partial charge is 0.320 e. The summed E-state index contributed by atoms with van der Waals surface area (Å²) < 4.78 is 5.35. The van der Waals surface area contributed by atoms with Crippen LogP contribution in [0, 0.1) is 12.8 Å². The van der Waals surface area contributed by atoms with Crippen LogP contribution in [0.25, 0.3) is 0 Å². The summed E-state index contributed by atoms with van der Waals surface area (Å²) in [7, 11) is 0. The maximum atomic E-state index is 12.4. The highest BCUT2D eigenvalue weighted by atomic mass is 16.4. The van der Waals surface area contributed by atoms with Crippen molar-refractivity contribution in [1.29, 1.82) is 0 Å². The minimum Gasteiger partial charge on any atom is -0.444 e. The molecule has 2 saturated heterocycles. The Balaban J connectivity index is 1.50. The topological polar surface area (TPSA) is 78.7 Å². The van der Waals surface area contributed by atoms with Crippen LogP contribution in [0.15, 0.2) is 10.6 Å². The van der Waals surface area contributed by atoms with Gasteiger partial charge >= 0.3 is 6.03 Å². The van der Waals surface area contributed by atoms with Crippen LogP contribution in [0.1, 0.15) is 37.3 Å². The molecule has 3 heterocycles. The maximum absolute atomic E-state index is 12.4. The summed E-state index contributed by atoms with van der Waals surface area (Å²) in [5, 5.41) is 2.89. The van der Waals surface area contributed by atoms with Crippen molar-refractivity contribution in [2.75, 3.05) is 26.2 Å². The summed E-state index contributed by atoms with van der Waals surface area (Å²) in [6.45, 7) is 5.07. The highest BCUT2D eigenvalue weighted by Crippen LogP contribution is 2.20. The second-order valence-corrected chi connectivity index (χ2v) is 6.33. The van der Waals surface area contributed by atoms with Gasteiger partial charge in [-0.05, 0) is 25.7 Å². The van der Waals surface area contributed by atoms with Crippen LogP contribution in [0.4, 0.5) is 4.79 Å². The van der Waals surface area contributed by atoms with Crippen LogP contribution < -0.4 is 5.32 Å². The summed E-state index contributed by atoms with van der Waals surface area (Å²) in [5.74, 6) is 1.09. The van der Waals surface area contributed by atoms with Gasteiger partial charge in [-0.2, -0.15) is 0 Å². The maximum Gasteiger partial charge on any atom is 0.320 e. The van der Waals surface area contributed by atoms with Crippen molar-refractivity contribution < 1.29 is 14.0 Å². The molecule has 2 aliphatic rings. The molecule has 2 aliphatic heterocycles. The standard InChI is InChI=1S/C16H24N4O3/c1-12-17-9-14(23-12)10-18-15(21)13-5-4-8-20(11-13)16(22)19-6-2-3-7-19/h9,13H,2-8,10-11H2,1H3,(H,18,21). The third-order valence-electron chi connectivity index (χ3n) is 4.55. The molecule has 126 valence electrons. The zero-order valence-electron chi connectivity index (χ0n) is 13.6. The van der Waals surface area contributed by atoms with Crippen molar-refractivity contribution in [2.24, 2.45) is 5.92 Å². The van der Waals surface area contributed by atoms with Gasteiger partial charge in [-0.25, -0.2) is 9.78 Å². The van der Waals surface area contributed by atoms with Crippen molar-refractivity contribution in [3.05, 3.63) is 17.8 Å². The second-order valence-electron chi connectivity index (χ2n) is 6.33. The molecule has 1 N–H and O–H groups in total. The number of hydrogen-bond acceptors (Lipinski definition) is 4. The monoisotopic (exact) mass is 320 g/mol. The minimum atomic E-state index is -0.140. The number of aromatic nitrogens is 1. The van der Waals surface area contributed by atoms with Crippen LogP contribution in [0.5, 0.6) is 0 Å². The Morgan fingerprint density at radius 1 is 1.26 bits per heavy atom. The number of likely N-dealkylation sites (tertiary alicyclic amines) is 2. The average molecular weight is 320 g/mol. The van der Waals surface area contributed by atoms with Crippen molar-refractivity contribution in [2.45, 2.75) is 39.2 Å². The lowest BCUT2D eigenvalue weighted by Crippen LogP contribution is -2.49. The summed E-state index contributed by atoms with van der Waals surface area (Å²) in [4.78, 5) is 32.5. The van der Waals surface area contributed by atoms with Crippen LogP contribution in [0.3, 0.4) is 0 Å². The minimum absolute atomic E-state index is 0.0158.